The summed E-state index contributed by atoms with van der Waals surface area (Å²) in [5.41, 5.74) is 0.797. The van der Waals surface area contributed by atoms with E-state index in [1.165, 1.54) is 6.42 Å². The topological polar surface area (TPSA) is 62.3 Å². The molecule has 7 nitrogen and oxygen atoms in total. The predicted molar refractivity (Wildman–Crippen MR) is 112 cm³/mol. The summed E-state index contributed by atoms with van der Waals surface area (Å²) in [5, 5.41) is 0. The van der Waals surface area contributed by atoms with Crippen molar-refractivity contribution in [1.82, 2.24) is 14.7 Å². The van der Waals surface area contributed by atoms with Crippen molar-refractivity contribution >= 4 is 17.9 Å². The van der Waals surface area contributed by atoms with Crippen LogP contribution in [0.4, 0.5) is 0 Å². The molecule has 29 heavy (non-hydrogen) atoms. The predicted octanol–water partition coefficient (Wildman–Crippen LogP) is 1.87. The van der Waals surface area contributed by atoms with Crippen LogP contribution >= 0.6 is 0 Å². The van der Waals surface area contributed by atoms with E-state index in [-0.39, 0.29) is 11.8 Å². The Labute approximate surface area is 172 Å². The van der Waals surface area contributed by atoms with E-state index in [0.717, 1.165) is 44.6 Å². The van der Waals surface area contributed by atoms with Crippen LogP contribution in [0.3, 0.4) is 0 Å². The van der Waals surface area contributed by atoms with Gasteiger partial charge in [0.15, 0.2) is 11.5 Å². The normalized spacial score (nSPS) is 18.1. The van der Waals surface area contributed by atoms with E-state index in [4.69, 9.17) is 9.47 Å². The number of hydrogen-bond donors (Lipinski definition) is 0. The lowest BCUT2D eigenvalue weighted by molar-refractivity contribution is -0.134. The highest BCUT2D eigenvalue weighted by Crippen LogP contribution is 2.31. The van der Waals surface area contributed by atoms with Crippen LogP contribution in [0.2, 0.25) is 0 Å². The van der Waals surface area contributed by atoms with Gasteiger partial charge in [-0.05, 0) is 31.4 Å². The number of likely N-dealkylation sites (tertiary alicyclic amines) is 1. The number of piperidine rings is 1. The van der Waals surface area contributed by atoms with Gasteiger partial charge in [0, 0.05) is 50.9 Å². The van der Waals surface area contributed by atoms with Crippen LogP contribution in [-0.4, -0.2) is 86.5 Å². The SMILES string of the molecule is COc1cccc(/C=C/C(=O)N2CCN(CC(=O)N3CCCCC3)CC2)c1OC. The summed E-state index contributed by atoms with van der Waals surface area (Å²) < 4.78 is 10.7. The molecule has 0 atom stereocenters. The highest BCUT2D eigenvalue weighted by Gasteiger charge is 2.24. The fraction of sp³-hybridized carbons (Fsp3) is 0.545. The zero-order chi connectivity index (χ0) is 20.6. The van der Waals surface area contributed by atoms with E-state index < -0.39 is 0 Å². The first-order valence-corrected chi connectivity index (χ1v) is 10.3. The lowest BCUT2D eigenvalue weighted by Crippen LogP contribution is -2.51. The Morgan fingerprint density at radius 3 is 2.31 bits per heavy atom. The molecule has 0 N–H and O–H groups in total. The van der Waals surface area contributed by atoms with Crippen molar-refractivity contribution in [2.75, 3.05) is 60.0 Å². The molecule has 0 radical (unpaired) electrons. The lowest BCUT2D eigenvalue weighted by Gasteiger charge is -2.35. The van der Waals surface area contributed by atoms with Crippen LogP contribution in [0.15, 0.2) is 24.3 Å². The van der Waals surface area contributed by atoms with Crippen LogP contribution in [0, 0.1) is 0 Å². The molecular formula is C22H31N3O4. The maximum atomic E-state index is 12.6. The molecule has 0 bridgehead atoms. The molecule has 2 heterocycles. The number of methoxy groups -OCH3 is 2. The second kappa shape index (κ2) is 10.3. The van der Waals surface area contributed by atoms with Gasteiger partial charge in [-0.2, -0.15) is 0 Å². The minimum Gasteiger partial charge on any atom is -0.493 e. The summed E-state index contributed by atoms with van der Waals surface area (Å²) in [6, 6.07) is 5.57. The molecule has 2 saturated heterocycles. The maximum absolute atomic E-state index is 12.6. The number of carbonyl (C=O) groups excluding carboxylic acids is 2. The third-order valence-electron chi connectivity index (χ3n) is 5.59. The minimum absolute atomic E-state index is 0.0307. The fourth-order valence-corrected chi connectivity index (χ4v) is 3.87. The van der Waals surface area contributed by atoms with Crippen LogP contribution in [0.25, 0.3) is 6.08 Å². The number of hydrogen-bond acceptors (Lipinski definition) is 5. The van der Waals surface area contributed by atoms with Gasteiger partial charge in [-0.15, -0.1) is 0 Å². The van der Waals surface area contributed by atoms with Gasteiger partial charge < -0.3 is 19.3 Å². The Morgan fingerprint density at radius 1 is 0.931 bits per heavy atom. The first kappa shape index (κ1) is 21.2. The van der Waals surface area contributed by atoms with Gasteiger partial charge in [-0.25, -0.2) is 0 Å². The summed E-state index contributed by atoms with van der Waals surface area (Å²) in [4.78, 5) is 30.9. The van der Waals surface area contributed by atoms with Gasteiger partial charge >= 0.3 is 0 Å². The number of amides is 2. The quantitative estimate of drug-likeness (QED) is 0.681. The van der Waals surface area contributed by atoms with Crippen molar-refractivity contribution in [3.05, 3.63) is 29.8 Å². The highest BCUT2D eigenvalue weighted by atomic mass is 16.5. The van der Waals surface area contributed by atoms with Crippen molar-refractivity contribution in [2.45, 2.75) is 19.3 Å². The number of piperazine rings is 1. The van der Waals surface area contributed by atoms with Gasteiger partial charge in [0.25, 0.3) is 0 Å². The Balaban J connectivity index is 1.50. The van der Waals surface area contributed by atoms with Gasteiger partial charge in [0.05, 0.1) is 20.8 Å². The maximum Gasteiger partial charge on any atom is 0.246 e. The fourth-order valence-electron chi connectivity index (χ4n) is 3.87. The number of rotatable bonds is 6. The molecule has 158 valence electrons. The highest BCUT2D eigenvalue weighted by molar-refractivity contribution is 5.92. The third kappa shape index (κ3) is 5.50. The molecule has 2 fully saturated rings. The van der Waals surface area contributed by atoms with Crippen molar-refractivity contribution in [3.63, 3.8) is 0 Å². The van der Waals surface area contributed by atoms with Crippen LogP contribution in [0.5, 0.6) is 11.5 Å². The Kier molecular flexibility index (Phi) is 7.52. The molecule has 1 aromatic carbocycles. The Hall–Kier alpha value is -2.54. The standard InChI is InChI=1S/C22H31N3O4/c1-28-19-8-6-7-18(22(19)29-2)9-10-20(26)25-15-13-23(14-16-25)17-21(27)24-11-4-3-5-12-24/h6-10H,3-5,11-17H2,1-2H3/b10-9+. The summed E-state index contributed by atoms with van der Waals surface area (Å²) in [5.74, 6) is 1.43. The molecule has 2 aliphatic heterocycles. The Bertz CT molecular complexity index is 736. The number of para-hydroxylation sites is 1. The second-order valence-corrected chi connectivity index (χ2v) is 7.46. The summed E-state index contributed by atoms with van der Waals surface area (Å²) >= 11 is 0. The van der Waals surface area contributed by atoms with E-state index >= 15 is 0 Å². The van der Waals surface area contributed by atoms with Gasteiger partial charge in [0.1, 0.15) is 0 Å². The third-order valence-corrected chi connectivity index (χ3v) is 5.59. The minimum atomic E-state index is -0.0307. The molecule has 0 spiro atoms. The summed E-state index contributed by atoms with van der Waals surface area (Å²) in [7, 11) is 3.17. The van der Waals surface area contributed by atoms with E-state index in [2.05, 4.69) is 4.90 Å². The molecule has 0 aromatic heterocycles. The second-order valence-electron chi connectivity index (χ2n) is 7.46. The molecule has 0 unspecified atom stereocenters. The van der Waals surface area contributed by atoms with Crippen LogP contribution in [-0.2, 0) is 9.59 Å². The largest absolute Gasteiger partial charge is 0.493 e. The van der Waals surface area contributed by atoms with Crippen LogP contribution in [0.1, 0.15) is 24.8 Å². The van der Waals surface area contributed by atoms with Crippen molar-refractivity contribution in [2.24, 2.45) is 0 Å². The molecule has 2 aliphatic rings. The van der Waals surface area contributed by atoms with Crippen LogP contribution < -0.4 is 9.47 Å². The molecule has 1 aromatic rings. The molecule has 3 rings (SSSR count). The number of ether oxygens (including phenoxy) is 2. The van der Waals surface area contributed by atoms with E-state index in [9.17, 15) is 9.59 Å². The smallest absolute Gasteiger partial charge is 0.246 e. The van der Waals surface area contributed by atoms with E-state index in [0.29, 0.717) is 31.1 Å². The first-order valence-electron chi connectivity index (χ1n) is 10.3. The van der Waals surface area contributed by atoms with Crippen molar-refractivity contribution in [3.8, 4) is 11.5 Å². The van der Waals surface area contributed by atoms with Crippen molar-refractivity contribution < 1.29 is 19.1 Å². The van der Waals surface area contributed by atoms with Gasteiger partial charge in [0.2, 0.25) is 11.8 Å². The first-order chi connectivity index (χ1) is 14.1. The average molecular weight is 402 g/mol. The Morgan fingerprint density at radius 2 is 1.66 bits per heavy atom. The van der Waals surface area contributed by atoms with E-state index in [1.807, 2.05) is 28.0 Å². The van der Waals surface area contributed by atoms with E-state index in [1.54, 1.807) is 26.4 Å². The molecule has 0 saturated carbocycles. The van der Waals surface area contributed by atoms with Crippen molar-refractivity contribution in [1.29, 1.82) is 0 Å². The number of nitrogens with zero attached hydrogens (tertiary/aromatic N) is 3. The van der Waals surface area contributed by atoms with Gasteiger partial charge in [-0.1, -0.05) is 12.1 Å². The van der Waals surface area contributed by atoms with Gasteiger partial charge in [-0.3, -0.25) is 14.5 Å². The number of carbonyl (C=O) groups is 2. The zero-order valence-electron chi connectivity index (χ0n) is 17.4. The number of benzene rings is 1. The molecule has 0 aliphatic carbocycles. The lowest BCUT2D eigenvalue weighted by atomic mass is 10.1. The molecule has 7 heteroatoms. The summed E-state index contributed by atoms with van der Waals surface area (Å²) in [6.07, 6.45) is 6.78. The molecular weight excluding hydrogens is 370 g/mol. The monoisotopic (exact) mass is 401 g/mol. The average Bonchev–Trinajstić information content (AvgIpc) is 2.78. The summed E-state index contributed by atoms with van der Waals surface area (Å²) in [6.45, 7) is 4.94. The molecule has 2 amide bonds. The zero-order valence-corrected chi connectivity index (χ0v) is 17.4.